The molecule has 2 amide bonds. The summed E-state index contributed by atoms with van der Waals surface area (Å²) in [5.74, 6) is 0. The van der Waals surface area contributed by atoms with Crippen LogP contribution in [0.4, 0.5) is 10.5 Å². The molecule has 6 heteroatoms. The number of hydrogen-bond donors (Lipinski definition) is 2. The van der Waals surface area contributed by atoms with Crippen molar-refractivity contribution in [3.05, 3.63) is 47.8 Å². The molecule has 1 aliphatic heterocycles. The first-order valence-electron chi connectivity index (χ1n) is 7.42. The van der Waals surface area contributed by atoms with Gasteiger partial charge < -0.3 is 15.3 Å². The lowest BCUT2D eigenvalue weighted by Crippen LogP contribution is -2.33. The summed E-state index contributed by atoms with van der Waals surface area (Å²) in [6.45, 7) is 3.73. The van der Waals surface area contributed by atoms with E-state index in [4.69, 9.17) is 0 Å². The molecule has 6 nitrogen and oxygen atoms in total. The van der Waals surface area contributed by atoms with E-state index in [1.807, 2.05) is 48.3 Å². The molecule has 1 aliphatic rings. The van der Waals surface area contributed by atoms with Crippen LogP contribution in [0.2, 0.25) is 0 Å². The SMILES string of the molecule is Cc1cnn(Cc2ccc(NC(=O)N3CC[C@H](O)C3)cc2)c1. The molecule has 0 saturated carbocycles. The van der Waals surface area contributed by atoms with Crippen LogP contribution in [0.5, 0.6) is 0 Å². The molecule has 2 N–H and O–H groups in total. The number of aryl methyl sites for hydroxylation is 1. The van der Waals surface area contributed by atoms with Crippen molar-refractivity contribution >= 4 is 11.7 Å². The fourth-order valence-corrected chi connectivity index (χ4v) is 2.56. The van der Waals surface area contributed by atoms with E-state index in [-0.39, 0.29) is 6.03 Å². The number of aromatic nitrogens is 2. The van der Waals surface area contributed by atoms with Gasteiger partial charge in [-0.3, -0.25) is 4.68 Å². The predicted octanol–water partition coefficient (Wildman–Crippen LogP) is 1.84. The lowest BCUT2D eigenvalue weighted by molar-refractivity contribution is 0.176. The molecule has 1 aromatic carbocycles. The third kappa shape index (κ3) is 3.46. The normalized spacial score (nSPS) is 17.7. The number of hydrogen-bond acceptors (Lipinski definition) is 3. The second-order valence-corrected chi connectivity index (χ2v) is 5.73. The van der Waals surface area contributed by atoms with E-state index in [0.29, 0.717) is 26.1 Å². The largest absolute Gasteiger partial charge is 0.391 e. The highest BCUT2D eigenvalue weighted by atomic mass is 16.3. The Morgan fingerprint density at radius 3 is 2.77 bits per heavy atom. The van der Waals surface area contributed by atoms with Gasteiger partial charge in [-0.1, -0.05) is 12.1 Å². The van der Waals surface area contributed by atoms with Crippen LogP contribution < -0.4 is 5.32 Å². The zero-order valence-electron chi connectivity index (χ0n) is 12.6. The number of nitrogens with zero attached hydrogens (tertiary/aromatic N) is 3. The van der Waals surface area contributed by atoms with E-state index >= 15 is 0 Å². The van der Waals surface area contributed by atoms with Gasteiger partial charge in [-0.25, -0.2) is 4.79 Å². The number of benzene rings is 1. The average Bonchev–Trinajstić information content (AvgIpc) is 3.10. The molecule has 0 radical (unpaired) electrons. The maximum atomic E-state index is 12.0. The molecule has 116 valence electrons. The lowest BCUT2D eigenvalue weighted by Gasteiger charge is -2.16. The molecule has 0 bridgehead atoms. The van der Waals surface area contributed by atoms with Crippen LogP contribution in [0.3, 0.4) is 0 Å². The van der Waals surface area contributed by atoms with E-state index < -0.39 is 6.10 Å². The van der Waals surface area contributed by atoms with E-state index in [9.17, 15) is 9.90 Å². The van der Waals surface area contributed by atoms with Crippen molar-refractivity contribution in [2.24, 2.45) is 0 Å². The first-order valence-corrected chi connectivity index (χ1v) is 7.42. The molecule has 0 aliphatic carbocycles. The van der Waals surface area contributed by atoms with Crippen molar-refractivity contribution in [1.29, 1.82) is 0 Å². The van der Waals surface area contributed by atoms with Gasteiger partial charge in [0, 0.05) is 25.0 Å². The number of carbonyl (C=O) groups is 1. The number of β-amino-alcohol motifs (C(OH)–C–C–N with tert-alkyl or cyclic N) is 1. The van der Waals surface area contributed by atoms with Crippen molar-refractivity contribution in [2.45, 2.75) is 26.0 Å². The molecule has 1 aromatic heterocycles. The number of nitrogens with one attached hydrogen (secondary N) is 1. The molecule has 1 fully saturated rings. The molecular weight excluding hydrogens is 280 g/mol. The number of aliphatic hydroxyl groups is 1. The summed E-state index contributed by atoms with van der Waals surface area (Å²) in [6, 6.07) is 7.57. The zero-order chi connectivity index (χ0) is 15.5. The summed E-state index contributed by atoms with van der Waals surface area (Å²) < 4.78 is 1.88. The third-order valence-electron chi connectivity index (χ3n) is 3.76. The van der Waals surface area contributed by atoms with Crippen LogP contribution in [-0.4, -0.2) is 45.0 Å². The summed E-state index contributed by atoms with van der Waals surface area (Å²) in [6.07, 6.45) is 4.08. The predicted molar refractivity (Wildman–Crippen MR) is 83.7 cm³/mol. The van der Waals surface area contributed by atoms with E-state index in [1.54, 1.807) is 4.90 Å². The van der Waals surface area contributed by atoms with Crippen LogP contribution in [0, 0.1) is 6.92 Å². The van der Waals surface area contributed by atoms with Gasteiger partial charge >= 0.3 is 6.03 Å². The van der Waals surface area contributed by atoms with Gasteiger partial charge in [-0.15, -0.1) is 0 Å². The molecule has 2 heterocycles. The van der Waals surface area contributed by atoms with E-state index in [2.05, 4.69) is 10.4 Å². The highest BCUT2D eigenvalue weighted by Crippen LogP contribution is 2.14. The van der Waals surface area contributed by atoms with Crippen LogP contribution in [0.15, 0.2) is 36.7 Å². The molecule has 2 aromatic rings. The number of rotatable bonds is 3. The number of urea groups is 1. The molecule has 1 atom stereocenters. The standard InChI is InChI=1S/C16H20N4O2/c1-12-8-17-20(9-12)10-13-2-4-14(5-3-13)18-16(22)19-7-6-15(21)11-19/h2-5,8-9,15,21H,6-7,10-11H2,1H3,(H,18,22)/t15-/m0/s1. The van der Waals surface area contributed by atoms with Gasteiger partial charge in [0.25, 0.3) is 0 Å². The summed E-state index contributed by atoms with van der Waals surface area (Å²) in [5, 5.41) is 16.6. The number of amides is 2. The molecule has 22 heavy (non-hydrogen) atoms. The maximum absolute atomic E-state index is 12.0. The van der Waals surface area contributed by atoms with Crippen molar-refractivity contribution in [1.82, 2.24) is 14.7 Å². The Kier molecular flexibility index (Phi) is 4.11. The van der Waals surface area contributed by atoms with Crippen LogP contribution >= 0.6 is 0 Å². The Balaban J connectivity index is 1.58. The Labute approximate surface area is 129 Å². The first kappa shape index (κ1) is 14.6. The highest BCUT2D eigenvalue weighted by Gasteiger charge is 2.24. The van der Waals surface area contributed by atoms with Crippen LogP contribution in [0.1, 0.15) is 17.5 Å². The summed E-state index contributed by atoms with van der Waals surface area (Å²) in [7, 11) is 0. The molecule has 1 saturated heterocycles. The minimum atomic E-state index is -0.398. The van der Waals surface area contributed by atoms with Crippen molar-refractivity contribution in [3.8, 4) is 0 Å². The van der Waals surface area contributed by atoms with Gasteiger partial charge in [0.15, 0.2) is 0 Å². The fourth-order valence-electron chi connectivity index (χ4n) is 2.56. The third-order valence-corrected chi connectivity index (χ3v) is 3.76. The van der Waals surface area contributed by atoms with Crippen LogP contribution in [-0.2, 0) is 6.54 Å². The van der Waals surface area contributed by atoms with Crippen LogP contribution in [0.25, 0.3) is 0 Å². The molecule has 0 unspecified atom stereocenters. The van der Waals surface area contributed by atoms with Gasteiger partial charge in [0.2, 0.25) is 0 Å². The Morgan fingerprint density at radius 2 is 2.18 bits per heavy atom. The van der Waals surface area contributed by atoms with Crippen molar-refractivity contribution in [3.63, 3.8) is 0 Å². The number of likely N-dealkylation sites (tertiary alicyclic amines) is 1. The van der Waals surface area contributed by atoms with E-state index in [1.165, 1.54) is 0 Å². The van der Waals surface area contributed by atoms with Crippen molar-refractivity contribution < 1.29 is 9.90 Å². The fraction of sp³-hybridized carbons (Fsp3) is 0.375. The Bertz CT molecular complexity index is 650. The second-order valence-electron chi connectivity index (χ2n) is 5.73. The maximum Gasteiger partial charge on any atom is 0.321 e. The molecule has 3 rings (SSSR count). The zero-order valence-corrected chi connectivity index (χ0v) is 12.6. The van der Waals surface area contributed by atoms with Gasteiger partial charge in [-0.2, -0.15) is 5.10 Å². The first-order chi connectivity index (χ1) is 10.6. The highest BCUT2D eigenvalue weighted by molar-refractivity contribution is 5.89. The average molecular weight is 300 g/mol. The summed E-state index contributed by atoms with van der Waals surface area (Å²) in [5.41, 5.74) is 3.01. The summed E-state index contributed by atoms with van der Waals surface area (Å²) in [4.78, 5) is 13.7. The van der Waals surface area contributed by atoms with Gasteiger partial charge in [0.05, 0.1) is 18.8 Å². The Morgan fingerprint density at radius 1 is 1.41 bits per heavy atom. The number of anilines is 1. The topological polar surface area (TPSA) is 70.4 Å². The minimum Gasteiger partial charge on any atom is -0.391 e. The number of carbonyl (C=O) groups excluding carboxylic acids is 1. The summed E-state index contributed by atoms with van der Waals surface area (Å²) >= 11 is 0. The van der Waals surface area contributed by atoms with Gasteiger partial charge in [-0.05, 0) is 36.6 Å². The smallest absolute Gasteiger partial charge is 0.321 e. The number of aliphatic hydroxyl groups excluding tert-OH is 1. The van der Waals surface area contributed by atoms with Gasteiger partial charge in [0.1, 0.15) is 0 Å². The second kappa shape index (κ2) is 6.19. The monoisotopic (exact) mass is 300 g/mol. The van der Waals surface area contributed by atoms with Crippen molar-refractivity contribution in [2.75, 3.05) is 18.4 Å². The Hall–Kier alpha value is -2.34. The lowest BCUT2D eigenvalue weighted by atomic mass is 10.2. The minimum absolute atomic E-state index is 0.160. The quantitative estimate of drug-likeness (QED) is 0.908. The van der Waals surface area contributed by atoms with E-state index in [0.717, 1.165) is 16.8 Å². The molecular formula is C16H20N4O2. The molecule has 0 spiro atoms.